The Bertz CT molecular complexity index is 516. The van der Waals surface area contributed by atoms with Gasteiger partial charge in [0, 0.05) is 12.3 Å². The normalized spacial score (nSPS) is 10.8. The van der Waals surface area contributed by atoms with Crippen molar-refractivity contribution < 1.29 is 13.2 Å². The average molecular weight is 259 g/mol. The third kappa shape index (κ3) is 2.61. The Hall–Kier alpha value is -1.49. The Balaban J connectivity index is 2.27. The standard InChI is InChI=1S/C11H9ClF2N2O/c12-6-2-5-9-15-16-11(17-9)7-3-1-4-8(13)10(7)14/h1,3-4H,2,5-6H2. The first-order chi connectivity index (χ1) is 8.22. The molecule has 0 N–H and O–H groups in total. The summed E-state index contributed by atoms with van der Waals surface area (Å²) >= 11 is 5.52. The lowest BCUT2D eigenvalue weighted by molar-refractivity contribution is 0.485. The highest BCUT2D eigenvalue weighted by atomic mass is 35.5. The maximum Gasteiger partial charge on any atom is 0.250 e. The summed E-state index contributed by atoms with van der Waals surface area (Å²) in [6, 6.07) is 3.80. The first-order valence-corrected chi connectivity index (χ1v) is 5.58. The van der Waals surface area contributed by atoms with Crippen LogP contribution in [0.5, 0.6) is 0 Å². The predicted molar refractivity (Wildman–Crippen MR) is 58.7 cm³/mol. The summed E-state index contributed by atoms with van der Waals surface area (Å²) in [7, 11) is 0. The summed E-state index contributed by atoms with van der Waals surface area (Å²) in [5, 5.41) is 7.41. The summed E-state index contributed by atoms with van der Waals surface area (Å²) in [4.78, 5) is 0. The van der Waals surface area contributed by atoms with Crippen LogP contribution in [0.1, 0.15) is 12.3 Å². The van der Waals surface area contributed by atoms with Gasteiger partial charge in [0.2, 0.25) is 5.89 Å². The van der Waals surface area contributed by atoms with Crippen LogP contribution >= 0.6 is 11.6 Å². The van der Waals surface area contributed by atoms with E-state index in [1.54, 1.807) is 0 Å². The van der Waals surface area contributed by atoms with Gasteiger partial charge >= 0.3 is 0 Å². The van der Waals surface area contributed by atoms with Crippen LogP contribution in [0.3, 0.4) is 0 Å². The minimum absolute atomic E-state index is 0.0217. The van der Waals surface area contributed by atoms with E-state index in [0.717, 1.165) is 6.07 Å². The van der Waals surface area contributed by atoms with Gasteiger partial charge in [0.15, 0.2) is 11.6 Å². The summed E-state index contributed by atoms with van der Waals surface area (Å²) < 4.78 is 31.6. The van der Waals surface area contributed by atoms with Crippen LogP contribution in [-0.4, -0.2) is 16.1 Å². The minimum Gasteiger partial charge on any atom is -0.421 e. The van der Waals surface area contributed by atoms with Crippen molar-refractivity contribution in [2.24, 2.45) is 0 Å². The molecule has 90 valence electrons. The Kier molecular flexibility index (Phi) is 3.68. The van der Waals surface area contributed by atoms with Crippen LogP contribution in [0, 0.1) is 11.6 Å². The van der Waals surface area contributed by atoms with Crippen molar-refractivity contribution in [1.82, 2.24) is 10.2 Å². The number of hydrogen-bond donors (Lipinski definition) is 0. The topological polar surface area (TPSA) is 38.9 Å². The number of halogens is 3. The van der Waals surface area contributed by atoms with E-state index in [-0.39, 0.29) is 11.5 Å². The second-order valence-corrected chi connectivity index (χ2v) is 3.77. The summed E-state index contributed by atoms with van der Waals surface area (Å²) in [6.07, 6.45) is 1.21. The molecule has 0 aliphatic rings. The Morgan fingerprint density at radius 3 is 2.82 bits per heavy atom. The van der Waals surface area contributed by atoms with E-state index in [0.29, 0.717) is 24.6 Å². The molecule has 3 nitrogen and oxygen atoms in total. The largest absolute Gasteiger partial charge is 0.421 e. The van der Waals surface area contributed by atoms with Gasteiger partial charge < -0.3 is 4.42 Å². The molecule has 17 heavy (non-hydrogen) atoms. The van der Waals surface area contributed by atoms with Gasteiger partial charge in [-0.15, -0.1) is 21.8 Å². The van der Waals surface area contributed by atoms with Crippen LogP contribution < -0.4 is 0 Å². The van der Waals surface area contributed by atoms with Crippen molar-refractivity contribution in [3.8, 4) is 11.5 Å². The fourth-order valence-corrected chi connectivity index (χ4v) is 1.48. The lowest BCUT2D eigenvalue weighted by atomic mass is 10.2. The highest BCUT2D eigenvalue weighted by Gasteiger charge is 2.15. The molecule has 0 spiro atoms. The molecule has 1 aromatic heterocycles. The van der Waals surface area contributed by atoms with E-state index >= 15 is 0 Å². The molecule has 0 bridgehead atoms. The molecule has 0 unspecified atom stereocenters. The van der Waals surface area contributed by atoms with Crippen molar-refractivity contribution >= 4 is 11.6 Å². The van der Waals surface area contributed by atoms with Crippen LogP contribution in [0.4, 0.5) is 8.78 Å². The number of aryl methyl sites for hydroxylation is 1. The van der Waals surface area contributed by atoms with Gasteiger partial charge in [-0.25, -0.2) is 8.78 Å². The molecule has 0 saturated heterocycles. The van der Waals surface area contributed by atoms with E-state index in [9.17, 15) is 8.78 Å². The third-order valence-corrected chi connectivity index (χ3v) is 2.44. The number of nitrogens with zero attached hydrogens (tertiary/aromatic N) is 2. The Morgan fingerprint density at radius 2 is 2.06 bits per heavy atom. The number of hydrogen-bond acceptors (Lipinski definition) is 3. The molecular formula is C11H9ClF2N2O. The molecule has 0 radical (unpaired) electrons. The zero-order valence-electron chi connectivity index (χ0n) is 8.79. The Morgan fingerprint density at radius 1 is 1.24 bits per heavy atom. The van der Waals surface area contributed by atoms with E-state index < -0.39 is 11.6 Å². The van der Waals surface area contributed by atoms with Crippen molar-refractivity contribution in [1.29, 1.82) is 0 Å². The molecule has 2 rings (SSSR count). The van der Waals surface area contributed by atoms with Crippen molar-refractivity contribution in [3.63, 3.8) is 0 Å². The average Bonchev–Trinajstić information content (AvgIpc) is 2.78. The predicted octanol–water partition coefficient (Wildman–Crippen LogP) is 3.19. The Labute approximate surface area is 101 Å². The minimum atomic E-state index is -0.986. The quantitative estimate of drug-likeness (QED) is 0.791. The highest BCUT2D eigenvalue weighted by Crippen LogP contribution is 2.23. The fourth-order valence-electron chi connectivity index (χ4n) is 1.35. The van der Waals surface area contributed by atoms with Crippen LogP contribution in [0.25, 0.3) is 11.5 Å². The summed E-state index contributed by atoms with van der Waals surface area (Å²) in [5.41, 5.74) is -0.0328. The second kappa shape index (κ2) is 5.23. The van der Waals surface area contributed by atoms with Crippen LogP contribution in [-0.2, 0) is 6.42 Å². The summed E-state index contributed by atoms with van der Waals surface area (Å²) in [6.45, 7) is 0. The van der Waals surface area contributed by atoms with Gasteiger partial charge in [0.05, 0.1) is 5.56 Å². The first-order valence-electron chi connectivity index (χ1n) is 5.05. The van der Waals surface area contributed by atoms with Crippen molar-refractivity contribution in [2.75, 3.05) is 5.88 Å². The van der Waals surface area contributed by atoms with Crippen LogP contribution in [0.2, 0.25) is 0 Å². The van der Waals surface area contributed by atoms with Gasteiger partial charge in [0.25, 0.3) is 5.89 Å². The van der Waals surface area contributed by atoms with E-state index in [4.69, 9.17) is 16.0 Å². The van der Waals surface area contributed by atoms with Crippen molar-refractivity contribution in [2.45, 2.75) is 12.8 Å². The molecular weight excluding hydrogens is 250 g/mol. The van der Waals surface area contributed by atoms with Gasteiger partial charge in [-0.05, 0) is 18.6 Å². The number of benzene rings is 1. The number of rotatable bonds is 4. The molecule has 0 saturated carbocycles. The highest BCUT2D eigenvalue weighted by molar-refractivity contribution is 6.17. The van der Waals surface area contributed by atoms with E-state index in [2.05, 4.69) is 10.2 Å². The molecule has 6 heteroatoms. The van der Waals surface area contributed by atoms with E-state index in [1.807, 2.05) is 0 Å². The van der Waals surface area contributed by atoms with Gasteiger partial charge in [-0.3, -0.25) is 0 Å². The monoisotopic (exact) mass is 258 g/mol. The van der Waals surface area contributed by atoms with Crippen LogP contribution in [0.15, 0.2) is 22.6 Å². The second-order valence-electron chi connectivity index (χ2n) is 3.39. The molecule has 1 aromatic carbocycles. The summed E-state index contributed by atoms with van der Waals surface area (Å²) in [5.74, 6) is -1.11. The third-order valence-electron chi connectivity index (χ3n) is 2.17. The maximum absolute atomic E-state index is 13.4. The molecule has 2 aromatic rings. The maximum atomic E-state index is 13.4. The molecule has 0 aliphatic carbocycles. The fraction of sp³-hybridized carbons (Fsp3) is 0.273. The smallest absolute Gasteiger partial charge is 0.250 e. The number of alkyl halides is 1. The molecule has 0 fully saturated rings. The van der Waals surface area contributed by atoms with Gasteiger partial charge in [-0.2, -0.15) is 0 Å². The van der Waals surface area contributed by atoms with Crippen molar-refractivity contribution in [3.05, 3.63) is 35.7 Å². The zero-order valence-corrected chi connectivity index (χ0v) is 9.55. The number of aromatic nitrogens is 2. The van der Waals surface area contributed by atoms with Gasteiger partial charge in [0.1, 0.15) is 0 Å². The lowest BCUT2D eigenvalue weighted by Gasteiger charge is -1.97. The zero-order chi connectivity index (χ0) is 12.3. The SMILES string of the molecule is Fc1cccc(-c2nnc(CCCCl)o2)c1F. The van der Waals surface area contributed by atoms with Gasteiger partial charge in [-0.1, -0.05) is 6.07 Å². The lowest BCUT2D eigenvalue weighted by Crippen LogP contribution is -1.88. The molecule has 0 aliphatic heterocycles. The first kappa shape index (κ1) is 12.0. The molecule has 1 heterocycles. The van der Waals surface area contributed by atoms with E-state index in [1.165, 1.54) is 12.1 Å². The molecule has 0 amide bonds. The molecule has 0 atom stereocenters.